The molecule has 0 bridgehead atoms. The summed E-state index contributed by atoms with van der Waals surface area (Å²) < 4.78 is 12.5. The third-order valence-corrected chi connectivity index (χ3v) is 1.67. The Bertz CT molecular complexity index is 316. The van der Waals surface area contributed by atoms with Gasteiger partial charge in [0.15, 0.2) is 0 Å². The molecule has 1 rings (SSSR count). The quantitative estimate of drug-likeness (QED) is 0.750. The maximum atomic E-state index is 12.5. The summed E-state index contributed by atoms with van der Waals surface area (Å²) in [4.78, 5) is 0.457. The van der Waals surface area contributed by atoms with E-state index in [2.05, 4.69) is 0 Å². The first-order chi connectivity index (χ1) is 6.18. The molecule has 0 heterocycles. The number of halogens is 1. The fourth-order valence-corrected chi connectivity index (χ4v) is 0.981. The van der Waals surface area contributed by atoms with E-state index in [0.29, 0.717) is 11.4 Å². The molecule has 1 aromatic rings. The Labute approximate surface area is 82.1 Å². The van der Waals surface area contributed by atoms with Crippen molar-refractivity contribution in [3.05, 3.63) is 41.7 Å². The Morgan fingerprint density at radius 1 is 1.38 bits per heavy atom. The Morgan fingerprint density at radius 3 is 2.54 bits per heavy atom. The number of hydrogen-bond acceptors (Lipinski definition) is 1. The van der Waals surface area contributed by atoms with Gasteiger partial charge in [0.25, 0.3) is 0 Å². The van der Waals surface area contributed by atoms with Crippen LogP contribution in [0.25, 0.3) is 6.08 Å². The van der Waals surface area contributed by atoms with Crippen LogP contribution in [0.1, 0.15) is 12.0 Å². The van der Waals surface area contributed by atoms with Crippen molar-refractivity contribution >= 4 is 23.3 Å². The molecule has 0 saturated heterocycles. The summed E-state index contributed by atoms with van der Waals surface area (Å²) in [6.07, 6.45) is 4.29. The molecule has 0 fully saturated rings. The standard InChI is InChI=1S/C10H10FNS/c11-9-6-4-8(5-7-9)2-1-3-10(12)13/h1-2,4-7H,3H2,(H2,12,13)/b2-1+. The monoisotopic (exact) mass is 195 g/mol. The molecular formula is C10H10FNS. The second-order valence-corrected chi connectivity index (χ2v) is 3.15. The zero-order chi connectivity index (χ0) is 9.68. The third kappa shape index (κ3) is 3.80. The Hall–Kier alpha value is -1.22. The molecule has 13 heavy (non-hydrogen) atoms. The van der Waals surface area contributed by atoms with Crippen molar-refractivity contribution < 1.29 is 4.39 Å². The normalized spacial score (nSPS) is 10.5. The van der Waals surface area contributed by atoms with Crippen LogP contribution in [0.3, 0.4) is 0 Å². The minimum atomic E-state index is -0.230. The van der Waals surface area contributed by atoms with Gasteiger partial charge in [-0.1, -0.05) is 36.5 Å². The summed E-state index contributed by atoms with van der Waals surface area (Å²) in [5.74, 6) is -0.230. The van der Waals surface area contributed by atoms with Gasteiger partial charge in [-0.15, -0.1) is 0 Å². The molecule has 0 aromatic heterocycles. The van der Waals surface area contributed by atoms with Crippen LogP contribution in [-0.4, -0.2) is 4.99 Å². The van der Waals surface area contributed by atoms with Gasteiger partial charge < -0.3 is 5.73 Å². The highest BCUT2D eigenvalue weighted by molar-refractivity contribution is 7.80. The van der Waals surface area contributed by atoms with Gasteiger partial charge in [0.1, 0.15) is 5.82 Å². The molecule has 0 spiro atoms. The molecule has 0 radical (unpaired) electrons. The molecule has 0 saturated carbocycles. The molecule has 3 heteroatoms. The SMILES string of the molecule is NC(=S)C/C=C/c1ccc(F)cc1. The van der Waals surface area contributed by atoms with E-state index in [1.807, 2.05) is 12.2 Å². The molecule has 1 aromatic carbocycles. The highest BCUT2D eigenvalue weighted by atomic mass is 32.1. The number of nitrogens with two attached hydrogens (primary N) is 1. The lowest BCUT2D eigenvalue weighted by molar-refractivity contribution is 0.628. The smallest absolute Gasteiger partial charge is 0.123 e. The highest BCUT2D eigenvalue weighted by Crippen LogP contribution is 2.04. The van der Waals surface area contributed by atoms with E-state index in [0.717, 1.165) is 5.56 Å². The summed E-state index contributed by atoms with van der Waals surface area (Å²) in [5, 5.41) is 0. The molecule has 0 aliphatic rings. The second-order valence-electron chi connectivity index (χ2n) is 2.62. The lowest BCUT2D eigenvalue weighted by Gasteiger charge is -1.92. The van der Waals surface area contributed by atoms with Crippen LogP contribution >= 0.6 is 12.2 Å². The molecule has 0 amide bonds. The van der Waals surface area contributed by atoms with Crippen LogP contribution in [0.4, 0.5) is 4.39 Å². The first kappa shape index (κ1) is 9.86. The Kier molecular flexibility index (Phi) is 3.58. The van der Waals surface area contributed by atoms with E-state index in [4.69, 9.17) is 18.0 Å². The largest absolute Gasteiger partial charge is 0.393 e. The minimum absolute atomic E-state index is 0.230. The van der Waals surface area contributed by atoms with E-state index in [1.54, 1.807) is 12.1 Å². The first-order valence-corrected chi connectivity index (χ1v) is 4.30. The van der Waals surface area contributed by atoms with Gasteiger partial charge in [-0.05, 0) is 17.7 Å². The zero-order valence-corrected chi connectivity index (χ0v) is 7.85. The number of benzene rings is 1. The molecule has 0 aliphatic heterocycles. The summed E-state index contributed by atoms with van der Waals surface area (Å²) in [7, 11) is 0. The maximum absolute atomic E-state index is 12.5. The van der Waals surface area contributed by atoms with E-state index >= 15 is 0 Å². The van der Waals surface area contributed by atoms with Gasteiger partial charge in [0, 0.05) is 6.42 Å². The fraction of sp³-hybridized carbons (Fsp3) is 0.100. The van der Waals surface area contributed by atoms with Crippen molar-refractivity contribution in [1.82, 2.24) is 0 Å². The molecule has 0 aliphatic carbocycles. The zero-order valence-electron chi connectivity index (χ0n) is 7.03. The van der Waals surface area contributed by atoms with Crippen molar-refractivity contribution in [2.24, 2.45) is 5.73 Å². The van der Waals surface area contributed by atoms with Gasteiger partial charge in [-0.2, -0.15) is 0 Å². The van der Waals surface area contributed by atoms with E-state index in [1.165, 1.54) is 12.1 Å². The van der Waals surface area contributed by atoms with Crippen molar-refractivity contribution in [1.29, 1.82) is 0 Å². The average molecular weight is 195 g/mol. The summed E-state index contributed by atoms with van der Waals surface area (Å²) in [5.41, 5.74) is 6.24. The van der Waals surface area contributed by atoms with Gasteiger partial charge >= 0.3 is 0 Å². The third-order valence-electron chi connectivity index (χ3n) is 1.50. The van der Waals surface area contributed by atoms with Crippen LogP contribution in [-0.2, 0) is 0 Å². The van der Waals surface area contributed by atoms with Crippen LogP contribution in [0.15, 0.2) is 30.3 Å². The molecule has 1 nitrogen and oxygen atoms in total. The Balaban J connectivity index is 2.59. The topological polar surface area (TPSA) is 26.0 Å². The Morgan fingerprint density at radius 2 is 2.00 bits per heavy atom. The summed E-state index contributed by atoms with van der Waals surface area (Å²) in [6.45, 7) is 0. The summed E-state index contributed by atoms with van der Waals surface area (Å²) in [6, 6.07) is 6.23. The molecule has 68 valence electrons. The van der Waals surface area contributed by atoms with Crippen LogP contribution in [0.5, 0.6) is 0 Å². The minimum Gasteiger partial charge on any atom is -0.393 e. The van der Waals surface area contributed by atoms with Crippen molar-refractivity contribution in [3.63, 3.8) is 0 Å². The number of thiocarbonyl (C=S) groups is 1. The predicted octanol–water partition coefficient (Wildman–Crippen LogP) is 2.52. The van der Waals surface area contributed by atoms with E-state index < -0.39 is 0 Å². The van der Waals surface area contributed by atoms with Crippen molar-refractivity contribution in [2.75, 3.05) is 0 Å². The van der Waals surface area contributed by atoms with Gasteiger partial charge in [0.2, 0.25) is 0 Å². The van der Waals surface area contributed by atoms with Crippen LogP contribution < -0.4 is 5.73 Å². The van der Waals surface area contributed by atoms with Gasteiger partial charge in [0.05, 0.1) is 4.99 Å². The van der Waals surface area contributed by atoms with E-state index in [9.17, 15) is 4.39 Å². The number of rotatable bonds is 3. The van der Waals surface area contributed by atoms with Crippen LogP contribution in [0, 0.1) is 5.82 Å². The second kappa shape index (κ2) is 4.72. The summed E-state index contributed by atoms with van der Waals surface area (Å²) >= 11 is 4.70. The van der Waals surface area contributed by atoms with Crippen molar-refractivity contribution in [2.45, 2.75) is 6.42 Å². The molecule has 2 N–H and O–H groups in total. The van der Waals surface area contributed by atoms with Crippen molar-refractivity contribution in [3.8, 4) is 0 Å². The fourth-order valence-electron chi connectivity index (χ4n) is 0.885. The highest BCUT2D eigenvalue weighted by Gasteiger charge is 1.88. The molecular weight excluding hydrogens is 185 g/mol. The number of hydrogen-bond donors (Lipinski definition) is 1. The lowest BCUT2D eigenvalue weighted by Crippen LogP contribution is -2.04. The molecule has 0 unspecified atom stereocenters. The lowest BCUT2D eigenvalue weighted by atomic mass is 10.2. The average Bonchev–Trinajstić information content (AvgIpc) is 2.08. The first-order valence-electron chi connectivity index (χ1n) is 3.89. The van der Waals surface area contributed by atoms with E-state index in [-0.39, 0.29) is 5.82 Å². The van der Waals surface area contributed by atoms with Gasteiger partial charge in [-0.3, -0.25) is 0 Å². The molecule has 0 atom stereocenters. The maximum Gasteiger partial charge on any atom is 0.123 e. The van der Waals surface area contributed by atoms with Crippen LogP contribution in [0.2, 0.25) is 0 Å². The predicted molar refractivity (Wildman–Crippen MR) is 56.8 cm³/mol. The van der Waals surface area contributed by atoms with Gasteiger partial charge in [-0.25, -0.2) is 4.39 Å².